The first-order valence-electron chi connectivity index (χ1n) is 9.26. The lowest BCUT2D eigenvalue weighted by molar-refractivity contribution is -0.146. The van der Waals surface area contributed by atoms with E-state index in [4.69, 9.17) is 16.3 Å². The molecule has 0 spiro atoms. The van der Waals surface area contributed by atoms with E-state index in [0.29, 0.717) is 11.8 Å². The summed E-state index contributed by atoms with van der Waals surface area (Å²) in [5, 5.41) is 20.5. The van der Waals surface area contributed by atoms with E-state index < -0.39 is 0 Å². The third-order valence-corrected chi connectivity index (χ3v) is 5.05. The number of ether oxygens (including phenoxy) is 1. The molecule has 5 nitrogen and oxygen atoms in total. The summed E-state index contributed by atoms with van der Waals surface area (Å²) in [6, 6.07) is 0. The minimum Gasteiger partial charge on any atom is -0.507 e. The van der Waals surface area contributed by atoms with E-state index >= 15 is 0 Å². The molecule has 154 valence electrons. The third kappa shape index (κ3) is 6.41. The van der Waals surface area contributed by atoms with Crippen LogP contribution in [0.1, 0.15) is 62.0 Å². The fourth-order valence-electron chi connectivity index (χ4n) is 2.53. The van der Waals surface area contributed by atoms with Crippen LogP contribution in [0.4, 0.5) is 0 Å². The summed E-state index contributed by atoms with van der Waals surface area (Å²) >= 11 is 6.06. The zero-order valence-corrected chi connectivity index (χ0v) is 17.9. The van der Waals surface area contributed by atoms with Gasteiger partial charge in [-0.25, -0.2) is 0 Å². The van der Waals surface area contributed by atoms with Crippen LogP contribution < -0.4 is 0 Å². The molecule has 0 atom stereocenters. The molecule has 1 aromatic rings. The van der Waals surface area contributed by atoms with Crippen molar-refractivity contribution in [1.29, 1.82) is 0 Å². The number of benzene rings is 1. The summed E-state index contributed by atoms with van der Waals surface area (Å²) in [4.78, 5) is 22.6. The highest BCUT2D eigenvalue weighted by atomic mass is 35.5. The van der Waals surface area contributed by atoms with Gasteiger partial charge in [0.1, 0.15) is 18.1 Å². The molecule has 0 heterocycles. The highest BCUT2D eigenvalue weighted by Crippen LogP contribution is 2.40. The summed E-state index contributed by atoms with van der Waals surface area (Å²) < 4.78 is 5.13. The van der Waals surface area contributed by atoms with Gasteiger partial charge in [-0.2, -0.15) is 0 Å². The summed E-state index contributed by atoms with van der Waals surface area (Å²) in [7, 11) is 0. The summed E-state index contributed by atoms with van der Waals surface area (Å²) in [5.41, 5.74) is 2.87. The second-order valence-electron chi connectivity index (χ2n) is 7.24. The monoisotopic (exact) mass is 408 g/mol. The Labute approximate surface area is 171 Å². The van der Waals surface area contributed by atoms with Gasteiger partial charge in [0.2, 0.25) is 0 Å². The van der Waals surface area contributed by atoms with Crippen LogP contribution in [0.5, 0.6) is 11.5 Å². The first kappa shape index (κ1) is 23.8. The van der Waals surface area contributed by atoms with Crippen LogP contribution in [0, 0.1) is 12.8 Å². The van der Waals surface area contributed by atoms with Gasteiger partial charge in [-0.3, -0.25) is 9.59 Å². The van der Waals surface area contributed by atoms with Gasteiger partial charge in [0.15, 0.2) is 6.29 Å². The van der Waals surface area contributed by atoms with Gasteiger partial charge in [0.05, 0.1) is 16.5 Å². The van der Waals surface area contributed by atoms with Gasteiger partial charge < -0.3 is 14.9 Å². The van der Waals surface area contributed by atoms with Crippen molar-refractivity contribution in [3.63, 3.8) is 0 Å². The van der Waals surface area contributed by atoms with Gasteiger partial charge >= 0.3 is 5.97 Å². The number of phenolic OH excluding ortho intramolecular Hbond substituents is 2. The zero-order valence-electron chi connectivity index (χ0n) is 17.1. The normalized spacial score (nSPS) is 12.4. The van der Waals surface area contributed by atoms with Crippen LogP contribution in [0.3, 0.4) is 0 Å². The van der Waals surface area contributed by atoms with E-state index in [1.807, 2.05) is 26.0 Å². The number of aldehydes is 1. The van der Waals surface area contributed by atoms with E-state index in [1.165, 1.54) is 0 Å². The maximum absolute atomic E-state index is 11.4. The predicted octanol–water partition coefficient (Wildman–Crippen LogP) is 5.29. The average Bonchev–Trinajstić information content (AvgIpc) is 2.64. The van der Waals surface area contributed by atoms with Gasteiger partial charge in [-0.1, -0.05) is 42.7 Å². The topological polar surface area (TPSA) is 83.8 Å². The SMILES string of the molecule is C/C(=C\COC(=O)C(C)C)CC/C(C)=C/Cc1c(O)c(Cl)c(C)c(C=O)c1O. The van der Waals surface area contributed by atoms with Crippen LogP contribution in [0.2, 0.25) is 5.02 Å². The van der Waals surface area contributed by atoms with Crippen molar-refractivity contribution in [2.75, 3.05) is 6.61 Å². The molecule has 0 bridgehead atoms. The van der Waals surface area contributed by atoms with Crippen molar-refractivity contribution in [2.24, 2.45) is 5.92 Å². The Kier molecular flexibility index (Phi) is 9.26. The summed E-state index contributed by atoms with van der Waals surface area (Å²) in [5.74, 6) is -0.788. The molecule has 1 rings (SSSR count). The van der Waals surface area contributed by atoms with Crippen LogP contribution in [-0.4, -0.2) is 29.1 Å². The number of carbonyl (C=O) groups is 2. The van der Waals surface area contributed by atoms with E-state index in [-0.39, 0.29) is 52.6 Å². The molecule has 0 fully saturated rings. The van der Waals surface area contributed by atoms with Crippen molar-refractivity contribution < 1.29 is 24.5 Å². The van der Waals surface area contributed by atoms with Gasteiger partial charge in [0, 0.05) is 5.56 Å². The quantitative estimate of drug-likeness (QED) is 0.329. The van der Waals surface area contributed by atoms with Crippen molar-refractivity contribution in [3.05, 3.63) is 45.0 Å². The number of halogens is 1. The fraction of sp³-hybridized carbons (Fsp3) is 0.455. The Morgan fingerprint density at radius 1 is 1.11 bits per heavy atom. The predicted molar refractivity (Wildman–Crippen MR) is 111 cm³/mol. The number of phenols is 2. The molecule has 0 radical (unpaired) electrons. The van der Waals surface area contributed by atoms with Crippen LogP contribution in [-0.2, 0) is 16.0 Å². The van der Waals surface area contributed by atoms with Crippen molar-refractivity contribution in [1.82, 2.24) is 0 Å². The standard InChI is InChI=1S/C22H29ClO5/c1-13(2)22(27)28-11-10-15(4)7-6-14(3)8-9-17-20(25)18(12-24)16(5)19(23)21(17)26/h8,10,12-13,25-26H,6-7,9,11H2,1-5H3/b14-8+,15-10+. The molecule has 0 aromatic heterocycles. The first-order chi connectivity index (χ1) is 13.1. The zero-order chi connectivity index (χ0) is 21.4. The highest BCUT2D eigenvalue weighted by Gasteiger charge is 2.19. The molecule has 0 aliphatic heterocycles. The van der Waals surface area contributed by atoms with Crippen LogP contribution in [0.25, 0.3) is 0 Å². The lowest BCUT2D eigenvalue weighted by atomic mass is 9.98. The number of esters is 1. The molecule has 0 amide bonds. The van der Waals surface area contributed by atoms with E-state index in [0.717, 1.165) is 24.0 Å². The Bertz CT molecular complexity index is 791. The lowest BCUT2D eigenvalue weighted by Crippen LogP contribution is -2.11. The van der Waals surface area contributed by atoms with Crippen LogP contribution >= 0.6 is 11.6 Å². The minimum atomic E-state index is -0.235. The molecule has 0 aliphatic rings. The lowest BCUT2D eigenvalue weighted by Gasteiger charge is -2.13. The third-order valence-electron chi connectivity index (χ3n) is 4.58. The number of hydrogen-bond acceptors (Lipinski definition) is 5. The molecule has 1 aromatic carbocycles. The average molecular weight is 409 g/mol. The molecule has 0 saturated carbocycles. The smallest absolute Gasteiger partial charge is 0.308 e. The van der Waals surface area contributed by atoms with Gasteiger partial charge in [-0.05, 0) is 51.7 Å². The van der Waals surface area contributed by atoms with E-state index in [9.17, 15) is 19.8 Å². The summed E-state index contributed by atoms with van der Waals surface area (Å²) in [6.07, 6.45) is 6.16. The maximum atomic E-state index is 11.4. The number of hydrogen-bond donors (Lipinski definition) is 2. The van der Waals surface area contributed by atoms with E-state index in [2.05, 4.69) is 0 Å². The Hall–Kier alpha value is -2.27. The van der Waals surface area contributed by atoms with E-state index in [1.54, 1.807) is 20.8 Å². The largest absolute Gasteiger partial charge is 0.507 e. The number of aromatic hydroxyl groups is 2. The Morgan fingerprint density at radius 2 is 1.68 bits per heavy atom. The van der Waals surface area contributed by atoms with Crippen molar-refractivity contribution >= 4 is 23.9 Å². The summed E-state index contributed by atoms with van der Waals surface area (Å²) in [6.45, 7) is 9.36. The fourth-order valence-corrected chi connectivity index (χ4v) is 2.74. The van der Waals surface area contributed by atoms with Gasteiger partial charge in [0.25, 0.3) is 0 Å². The molecule has 28 heavy (non-hydrogen) atoms. The Balaban J connectivity index is 2.73. The molecular weight excluding hydrogens is 380 g/mol. The second-order valence-corrected chi connectivity index (χ2v) is 7.61. The number of carbonyl (C=O) groups excluding carboxylic acids is 2. The first-order valence-corrected chi connectivity index (χ1v) is 9.63. The van der Waals surface area contributed by atoms with Crippen LogP contribution in [0.15, 0.2) is 23.3 Å². The van der Waals surface area contributed by atoms with Crippen molar-refractivity contribution in [2.45, 2.75) is 53.9 Å². The van der Waals surface area contributed by atoms with Crippen molar-refractivity contribution in [3.8, 4) is 11.5 Å². The molecular formula is C22H29ClO5. The molecule has 6 heteroatoms. The number of rotatable bonds is 9. The Morgan fingerprint density at radius 3 is 2.21 bits per heavy atom. The highest BCUT2D eigenvalue weighted by molar-refractivity contribution is 6.33. The second kappa shape index (κ2) is 10.9. The molecule has 0 saturated heterocycles. The molecule has 0 aliphatic carbocycles. The molecule has 2 N–H and O–H groups in total. The maximum Gasteiger partial charge on any atom is 0.308 e. The molecule has 0 unspecified atom stereocenters. The number of allylic oxidation sites excluding steroid dienone is 3. The van der Waals surface area contributed by atoms with Gasteiger partial charge in [-0.15, -0.1) is 0 Å². The minimum absolute atomic E-state index is 0.0793.